The summed E-state index contributed by atoms with van der Waals surface area (Å²) in [5, 5.41) is 3.75. The summed E-state index contributed by atoms with van der Waals surface area (Å²) in [7, 11) is 0. The van der Waals surface area contributed by atoms with Gasteiger partial charge >= 0.3 is 6.18 Å². The Labute approximate surface area is 145 Å². The lowest BCUT2D eigenvalue weighted by Gasteiger charge is -2.07. The normalized spacial score (nSPS) is 11.7. The van der Waals surface area contributed by atoms with E-state index in [4.69, 9.17) is 5.73 Å². The molecule has 124 valence electrons. The molecule has 0 saturated heterocycles. The standard InChI is InChI=1S/C17H13BrF3N3/c1-10-3-2-4-13(9-10)24-16(22)14(15(23-24)17(19,20)21)11-5-7-12(18)8-6-11/h2-9H,22H2,1H3. The highest BCUT2D eigenvalue weighted by Crippen LogP contribution is 2.40. The zero-order chi connectivity index (χ0) is 17.5. The quantitative estimate of drug-likeness (QED) is 0.646. The van der Waals surface area contributed by atoms with E-state index in [1.54, 1.807) is 42.5 Å². The molecule has 3 aromatic rings. The van der Waals surface area contributed by atoms with Gasteiger partial charge in [-0.15, -0.1) is 0 Å². The molecular formula is C17H13BrF3N3. The maximum absolute atomic E-state index is 13.5. The Kier molecular flexibility index (Phi) is 4.13. The first kappa shape index (κ1) is 16.6. The van der Waals surface area contributed by atoms with Crippen molar-refractivity contribution < 1.29 is 13.2 Å². The predicted molar refractivity (Wildman–Crippen MR) is 90.9 cm³/mol. The molecule has 3 rings (SSSR count). The fraction of sp³-hybridized carbons (Fsp3) is 0.118. The van der Waals surface area contributed by atoms with Gasteiger partial charge in [-0.25, -0.2) is 4.68 Å². The molecule has 0 aliphatic rings. The molecule has 1 aromatic heterocycles. The van der Waals surface area contributed by atoms with Crippen LogP contribution in [0.25, 0.3) is 16.8 Å². The third-order valence-corrected chi connectivity index (χ3v) is 4.10. The van der Waals surface area contributed by atoms with Crippen molar-refractivity contribution in [1.29, 1.82) is 0 Å². The largest absolute Gasteiger partial charge is 0.435 e. The van der Waals surface area contributed by atoms with Crippen molar-refractivity contribution in [2.24, 2.45) is 0 Å². The number of anilines is 1. The topological polar surface area (TPSA) is 43.8 Å². The van der Waals surface area contributed by atoms with Crippen LogP contribution in [-0.4, -0.2) is 9.78 Å². The number of rotatable bonds is 2. The van der Waals surface area contributed by atoms with Crippen LogP contribution in [0.1, 0.15) is 11.3 Å². The summed E-state index contributed by atoms with van der Waals surface area (Å²) < 4.78 is 42.3. The summed E-state index contributed by atoms with van der Waals surface area (Å²) in [4.78, 5) is 0. The molecule has 0 fully saturated rings. The zero-order valence-electron chi connectivity index (χ0n) is 12.6. The van der Waals surface area contributed by atoms with Crippen molar-refractivity contribution in [1.82, 2.24) is 9.78 Å². The summed E-state index contributed by atoms with van der Waals surface area (Å²) in [6.45, 7) is 1.85. The van der Waals surface area contributed by atoms with Crippen molar-refractivity contribution in [2.75, 3.05) is 5.73 Å². The SMILES string of the molecule is Cc1cccc(-n2nc(C(F)(F)F)c(-c3ccc(Br)cc3)c2N)c1. The van der Waals surface area contributed by atoms with Gasteiger partial charge in [0.2, 0.25) is 0 Å². The van der Waals surface area contributed by atoms with Gasteiger partial charge in [-0.1, -0.05) is 40.2 Å². The van der Waals surface area contributed by atoms with Crippen LogP contribution >= 0.6 is 15.9 Å². The zero-order valence-corrected chi connectivity index (χ0v) is 14.2. The van der Waals surface area contributed by atoms with Crippen molar-refractivity contribution in [3.05, 3.63) is 64.3 Å². The maximum atomic E-state index is 13.5. The van der Waals surface area contributed by atoms with Gasteiger partial charge in [0.25, 0.3) is 0 Å². The molecule has 7 heteroatoms. The molecule has 0 radical (unpaired) electrons. The van der Waals surface area contributed by atoms with E-state index in [-0.39, 0.29) is 11.4 Å². The van der Waals surface area contributed by atoms with E-state index >= 15 is 0 Å². The highest BCUT2D eigenvalue weighted by Gasteiger charge is 2.39. The fourth-order valence-electron chi connectivity index (χ4n) is 2.49. The Bertz CT molecular complexity index is 883. The number of nitrogens with two attached hydrogens (primary N) is 1. The maximum Gasteiger partial charge on any atom is 0.435 e. The third kappa shape index (κ3) is 3.03. The minimum absolute atomic E-state index is 0.0461. The molecule has 1 heterocycles. The number of benzene rings is 2. The van der Waals surface area contributed by atoms with Gasteiger partial charge in [0, 0.05) is 4.47 Å². The molecule has 2 aromatic carbocycles. The van der Waals surface area contributed by atoms with Crippen molar-refractivity contribution in [3.8, 4) is 16.8 Å². The van der Waals surface area contributed by atoms with Gasteiger partial charge in [-0.2, -0.15) is 18.3 Å². The predicted octanol–water partition coefficient (Wildman–Crippen LogP) is 5.21. The van der Waals surface area contributed by atoms with E-state index in [0.29, 0.717) is 11.3 Å². The van der Waals surface area contributed by atoms with E-state index in [1.165, 1.54) is 0 Å². The van der Waals surface area contributed by atoms with Crippen LogP contribution < -0.4 is 5.73 Å². The van der Waals surface area contributed by atoms with E-state index in [2.05, 4.69) is 21.0 Å². The van der Waals surface area contributed by atoms with Crippen molar-refractivity contribution >= 4 is 21.7 Å². The van der Waals surface area contributed by atoms with Gasteiger partial charge in [0.05, 0.1) is 11.3 Å². The summed E-state index contributed by atoms with van der Waals surface area (Å²) >= 11 is 3.27. The second-order valence-electron chi connectivity index (χ2n) is 5.36. The van der Waals surface area contributed by atoms with Crippen molar-refractivity contribution in [3.63, 3.8) is 0 Å². The Balaban J connectivity index is 2.26. The highest BCUT2D eigenvalue weighted by molar-refractivity contribution is 9.10. The van der Waals surface area contributed by atoms with Crippen LogP contribution in [0.4, 0.5) is 19.0 Å². The lowest BCUT2D eigenvalue weighted by Crippen LogP contribution is -2.08. The van der Waals surface area contributed by atoms with Gasteiger partial charge in [-0.05, 0) is 42.3 Å². The molecule has 0 atom stereocenters. The highest BCUT2D eigenvalue weighted by atomic mass is 79.9. The van der Waals surface area contributed by atoms with Crippen LogP contribution in [0.3, 0.4) is 0 Å². The number of nitrogens with zero attached hydrogens (tertiary/aromatic N) is 2. The summed E-state index contributed by atoms with van der Waals surface area (Å²) in [6, 6.07) is 13.5. The molecule has 0 bridgehead atoms. The van der Waals surface area contributed by atoms with E-state index < -0.39 is 11.9 Å². The number of hydrogen-bond donors (Lipinski definition) is 1. The van der Waals surface area contributed by atoms with E-state index in [0.717, 1.165) is 14.7 Å². The number of halogens is 4. The van der Waals surface area contributed by atoms with Crippen LogP contribution in [0.2, 0.25) is 0 Å². The third-order valence-electron chi connectivity index (χ3n) is 3.57. The minimum atomic E-state index is -4.61. The number of aromatic nitrogens is 2. The minimum Gasteiger partial charge on any atom is -0.383 e. The van der Waals surface area contributed by atoms with Crippen LogP contribution in [-0.2, 0) is 6.18 Å². The average molecular weight is 396 g/mol. The first-order valence-corrected chi connectivity index (χ1v) is 7.85. The molecule has 2 N–H and O–H groups in total. The summed E-state index contributed by atoms with van der Waals surface area (Å²) in [5.74, 6) is -0.0461. The Morgan fingerprint density at radius 1 is 1.08 bits per heavy atom. The second kappa shape index (κ2) is 5.98. The van der Waals surface area contributed by atoms with Gasteiger partial charge in [0.1, 0.15) is 5.82 Å². The smallest absolute Gasteiger partial charge is 0.383 e. The number of aryl methyl sites for hydroxylation is 1. The molecule has 0 saturated carbocycles. The van der Waals surface area contributed by atoms with Gasteiger partial charge in [-0.3, -0.25) is 0 Å². The fourth-order valence-corrected chi connectivity index (χ4v) is 2.75. The Hall–Kier alpha value is -2.28. The Morgan fingerprint density at radius 3 is 2.33 bits per heavy atom. The number of hydrogen-bond acceptors (Lipinski definition) is 2. The molecule has 24 heavy (non-hydrogen) atoms. The van der Waals surface area contributed by atoms with Crippen LogP contribution in [0.15, 0.2) is 53.0 Å². The second-order valence-corrected chi connectivity index (χ2v) is 6.28. The summed E-state index contributed by atoms with van der Waals surface area (Å²) in [5.41, 5.74) is 6.69. The molecular weight excluding hydrogens is 383 g/mol. The van der Waals surface area contributed by atoms with Crippen molar-refractivity contribution in [2.45, 2.75) is 13.1 Å². The lowest BCUT2D eigenvalue weighted by atomic mass is 10.1. The molecule has 0 unspecified atom stereocenters. The van der Waals surface area contributed by atoms with E-state index in [1.807, 2.05) is 13.0 Å². The van der Waals surface area contributed by atoms with E-state index in [9.17, 15) is 13.2 Å². The first-order chi connectivity index (χ1) is 11.3. The molecule has 0 aliphatic carbocycles. The van der Waals surface area contributed by atoms with Crippen LogP contribution in [0, 0.1) is 6.92 Å². The molecule has 0 spiro atoms. The monoisotopic (exact) mass is 395 g/mol. The number of nitrogen functional groups attached to an aromatic ring is 1. The lowest BCUT2D eigenvalue weighted by molar-refractivity contribution is -0.140. The molecule has 0 amide bonds. The van der Waals surface area contributed by atoms with Crippen LogP contribution in [0.5, 0.6) is 0 Å². The number of alkyl halides is 3. The van der Waals surface area contributed by atoms with Gasteiger partial charge < -0.3 is 5.73 Å². The molecule has 0 aliphatic heterocycles. The first-order valence-electron chi connectivity index (χ1n) is 7.06. The summed E-state index contributed by atoms with van der Waals surface area (Å²) in [6.07, 6.45) is -4.61. The van der Waals surface area contributed by atoms with Gasteiger partial charge in [0.15, 0.2) is 5.69 Å². The average Bonchev–Trinajstić information content (AvgIpc) is 2.86. The molecule has 3 nitrogen and oxygen atoms in total. The Morgan fingerprint density at radius 2 is 1.75 bits per heavy atom.